The molecular formula is C23H21N5. The van der Waals surface area contributed by atoms with Gasteiger partial charge >= 0.3 is 0 Å². The van der Waals surface area contributed by atoms with Crippen molar-refractivity contribution in [3.8, 4) is 34.2 Å². The maximum atomic E-state index is 4.71. The van der Waals surface area contributed by atoms with E-state index in [1.807, 2.05) is 24.3 Å². The van der Waals surface area contributed by atoms with Crippen molar-refractivity contribution in [2.45, 2.75) is 26.2 Å². The first-order chi connectivity index (χ1) is 13.5. The molecule has 3 aromatic heterocycles. The maximum Gasteiger partial charge on any atom is 0.165 e. The van der Waals surface area contributed by atoms with Crippen molar-refractivity contribution in [2.75, 3.05) is 0 Å². The SMILES string of the molecule is CC(C)(C)c1ccc(-c2nc(-c3cccnc3)nc(-c3cccnc3)n2)cc1. The van der Waals surface area contributed by atoms with Gasteiger partial charge in [-0.15, -0.1) is 0 Å². The van der Waals surface area contributed by atoms with Crippen LogP contribution >= 0.6 is 0 Å². The minimum absolute atomic E-state index is 0.0966. The van der Waals surface area contributed by atoms with Crippen LogP contribution in [0.3, 0.4) is 0 Å². The average Bonchev–Trinajstić information content (AvgIpc) is 2.74. The minimum Gasteiger partial charge on any atom is -0.264 e. The van der Waals surface area contributed by atoms with Gasteiger partial charge in [-0.25, -0.2) is 15.0 Å². The Morgan fingerprint density at radius 2 is 1.04 bits per heavy atom. The summed E-state index contributed by atoms with van der Waals surface area (Å²) in [6, 6.07) is 16.0. The molecule has 0 bridgehead atoms. The lowest BCUT2D eigenvalue weighted by molar-refractivity contribution is 0.590. The lowest BCUT2D eigenvalue weighted by Gasteiger charge is -2.19. The van der Waals surface area contributed by atoms with Crippen LogP contribution in [0.4, 0.5) is 0 Å². The molecule has 4 rings (SSSR count). The van der Waals surface area contributed by atoms with Crippen LogP contribution in [0.15, 0.2) is 73.3 Å². The fourth-order valence-electron chi connectivity index (χ4n) is 2.87. The number of aromatic nitrogens is 5. The molecule has 5 nitrogen and oxygen atoms in total. The van der Waals surface area contributed by atoms with Crippen molar-refractivity contribution in [3.05, 3.63) is 78.9 Å². The summed E-state index contributed by atoms with van der Waals surface area (Å²) in [6.07, 6.45) is 6.99. The molecule has 0 amide bonds. The fourth-order valence-corrected chi connectivity index (χ4v) is 2.87. The van der Waals surface area contributed by atoms with E-state index in [9.17, 15) is 0 Å². The van der Waals surface area contributed by atoms with E-state index in [1.165, 1.54) is 5.56 Å². The normalized spacial score (nSPS) is 11.4. The van der Waals surface area contributed by atoms with E-state index in [-0.39, 0.29) is 5.41 Å². The standard InChI is InChI=1S/C23H21N5/c1-23(2,3)19-10-8-16(9-11-19)20-26-21(17-6-4-12-24-14-17)28-22(27-20)18-7-5-13-25-15-18/h4-15H,1-3H3. The molecule has 0 aliphatic rings. The number of pyridine rings is 2. The quantitative estimate of drug-likeness (QED) is 0.512. The van der Waals surface area contributed by atoms with Gasteiger partial charge in [0.1, 0.15) is 0 Å². The van der Waals surface area contributed by atoms with E-state index >= 15 is 0 Å². The monoisotopic (exact) mass is 367 g/mol. The molecule has 0 atom stereocenters. The Balaban J connectivity index is 1.85. The third kappa shape index (κ3) is 3.78. The molecule has 0 saturated carbocycles. The second-order valence-corrected chi connectivity index (χ2v) is 7.62. The van der Waals surface area contributed by atoms with Gasteiger partial charge in [-0.1, -0.05) is 45.0 Å². The third-order valence-electron chi connectivity index (χ3n) is 4.48. The first-order valence-corrected chi connectivity index (χ1v) is 9.18. The summed E-state index contributed by atoms with van der Waals surface area (Å²) in [5.41, 5.74) is 4.01. The highest BCUT2D eigenvalue weighted by atomic mass is 15.0. The van der Waals surface area contributed by atoms with Crippen LogP contribution in [0.25, 0.3) is 34.2 Å². The maximum absolute atomic E-state index is 4.71. The Hall–Kier alpha value is -3.47. The molecule has 0 N–H and O–H groups in total. The van der Waals surface area contributed by atoms with Crippen molar-refractivity contribution >= 4 is 0 Å². The Labute approximate surface area is 164 Å². The first kappa shape index (κ1) is 17.9. The zero-order valence-electron chi connectivity index (χ0n) is 16.2. The Morgan fingerprint density at radius 1 is 0.571 bits per heavy atom. The van der Waals surface area contributed by atoms with Gasteiger partial charge in [0.2, 0.25) is 0 Å². The highest BCUT2D eigenvalue weighted by Gasteiger charge is 2.15. The minimum atomic E-state index is 0.0966. The zero-order chi connectivity index (χ0) is 19.6. The molecule has 4 aromatic rings. The van der Waals surface area contributed by atoms with Crippen LogP contribution in [-0.4, -0.2) is 24.9 Å². The first-order valence-electron chi connectivity index (χ1n) is 9.18. The van der Waals surface area contributed by atoms with Crippen molar-refractivity contribution in [3.63, 3.8) is 0 Å². The third-order valence-corrected chi connectivity index (χ3v) is 4.48. The summed E-state index contributed by atoms with van der Waals surface area (Å²) >= 11 is 0. The van der Waals surface area contributed by atoms with Gasteiger partial charge in [0.25, 0.3) is 0 Å². The van der Waals surface area contributed by atoms with Crippen LogP contribution in [0.5, 0.6) is 0 Å². The molecule has 0 unspecified atom stereocenters. The zero-order valence-corrected chi connectivity index (χ0v) is 16.2. The number of hydrogen-bond donors (Lipinski definition) is 0. The molecule has 0 fully saturated rings. The van der Waals surface area contributed by atoms with Crippen LogP contribution in [-0.2, 0) is 5.41 Å². The van der Waals surface area contributed by atoms with E-state index in [4.69, 9.17) is 9.97 Å². The molecule has 0 spiro atoms. The molecule has 3 heterocycles. The Bertz CT molecular complexity index is 1010. The van der Waals surface area contributed by atoms with Crippen molar-refractivity contribution in [1.82, 2.24) is 24.9 Å². The summed E-state index contributed by atoms with van der Waals surface area (Å²) in [5.74, 6) is 1.82. The molecule has 0 radical (unpaired) electrons. The predicted molar refractivity (Wildman–Crippen MR) is 110 cm³/mol. The summed E-state index contributed by atoms with van der Waals surface area (Å²) in [5, 5.41) is 0. The van der Waals surface area contributed by atoms with Crippen LogP contribution < -0.4 is 0 Å². The summed E-state index contributed by atoms with van der Waals surface area (Å²) < 4.78 is 0. The molecule has 0 aliphatic carbocycles. The fraction of sp³-hybridized carbons (Fsp3) is 0.174. The second kappa shape index (κ2) is 7.27. The van der Waals surface area contributed by atoms with E-state index in [1.54, 1.807) is 24.8 Å². The van der Waals surface area contributed by atoms with Crippen molar-refractivity contribution < 1.29 is 0 Å². The molecule has 28 heavy (non-hydrogen) atoms. The van der Waals surface area contributed by atoms with E-state index in [2.05, 4.69) is 60.0 Å². The molecule has 1 aromatic carbocycles. The van der Waals surface area contributed by atoms with E-state index < -0.39 is 0 Å². The van der Waals surface area contributed by atoms with Crippen LogP contribution in [0.1, 0.15) is 26.3 Å². The molecule has 5 heteroatoms. The van der Waals surface area contributed by atoms with Crippen LogP contribution in [0.2, 0.25) is 0 Å². The van der Waals surface area contributed by atoms with Gasteiger partial charge in [0, 0.05) is 41.5 Å². The number of rotatable bonds is 3. The molecule has 0 saturated heterocycles. The molecule has 138 valence electrons. The predicted octanol–water partition coefficient (Wildman–Crippen LogP) is 4.96. The van der Waals surface area contributed by atoms with Gasteiger partial charge in [0.15, 0.2) is 17.5 Å². The summed E-state index contributed by atoms with van der Waals surface area (Å²) in [6.45, 7) is 6.60. The van der Waals surface area contributed by atoms with Crippen molar-refractivity contribution in [2.24, 2.45) is 0 Å². The van der Waals surface area contributed by atoms with E-state index in [0.717, 1.165) is 16.7 Å². The average molecular weight is 367 g/mol. The second-order valence-electron chi connectivity index (χ2n) is 7.62. The van der Waals surface area contributed by atoms with Gasteiger partial charge in [0.05, 0.1) is 0 Å². The topological polar surface area (TPSA) is 64.5 Å². The number of nitrogens with zero attached hydrogens (tertiary/aromatic N) is 5. The van der Waals surface area contributed by atoms with Gasteiger partial charge < -0.3 is 0 Å². The highest BCUT2D eigenvalue weighted by Crippen LogP contribution is 2.27. The summed E-state index contributed by atoms with van der Waals surface area (Å²) in [7, 11) is 0. The lowest BCUT2D eigenvalue weighted by atomic mass is 9.87. The Kier molecular flexibility index (Phi) is 4.65. The van der Waals surface area contributed by atoms with E-state index in [0.29, 0.717) is 17.5 Å². The van der Waals surface area contributed by atoms with Gasteiger partial charge in [-0.05, 0) is 35.2 Å². The number of hydrogen-bond acceptors (Lipinski definition) is 5. The Morgan fingerprint density at radius 3 is 1.43 bits per heavy atom. The van der Waals surface area contributed by atoms with Gasteiger partial charge in [-0.2, -0.15) is 0 Å². The summed E-state index contributed by atoms with van der Waals surface area (Å²) in [4.78, 5) is 22.5. The smallest absolute Gasteiger partial charge is 0.165 e. The molecular weight excluding hydrogens is 346 g/mol. The van der Waals surface area contributed by atoms with Crippen molar-refractivity contribution in [1.29, 1.82) is 0 Å². The molecule has 0 aliphatic heterocycles. The van der Waals surface area contributed by atoms with Crippen LogP contribution in [0, 0.1) is 0 Å². The van der Waals surface area contributed by atoms with Gasteiger partial charge in [-0.3, -0.25) is 9.97 Å². The largest absolute Gasteiger partial charge is 0.264 e. The lowest BCUT2D eigenvalue weighted by Crippen LogP contribution is -2.10. The number of benzene rings is 1. The highest BCUT2D eigenvalue weighted by molar-refractivity contribution is 5.65.